The van der Waals surface area contributed by atoms with E-state index in [0.717, 1.165) is 96.1 Å². The number of benzene rings is 12. The van der Waals surface area contributed by atoms with E-state index in [1.54, 1.807) is 106 Å². The molecule has 4 aromatic heterocycles. The molecule has 0 saturated heterocycles. The highest BCUT2D eigenvalue weighted by molar-refractivity contribution is 5.76. The highest BCUT2D eigenvalue weighted by Gasteiger charge is 2.22. The minimum atomic E-state index is -0.123. The van der Waals surface area contributed by atoms with E-state index in [1.807, 2.05) is 213 Å². The number of phenolic OH excluding ortho intramolecular Hbond substituents is 5. The Hall–Kier alpha value is -16.3. The van der Waals surface area contributed by atoms with E-state index in [1.165, 1.54) is 25.3 Å². The molecule has 0 spiro atoms. The van der Waals surface area contributed by atoms with E-state index in [2.05, 4.69) is 59.8 Å². The molecule has 27 nitrogen and oxygen atoms in total. The number of aryl methyl sites for hydroxylation is 1. The van der Waals surface area contributed by atoms with E-state index in [-0.39, 0.29) is 28.7 Å². The van der Waals surface area contributed by atoms with Crippen molar-refractivity contribution in [3.05, 3.63) is 272 Å². The number of rotatable bonds is 22. The molecule has 612 valence electrons. The molecule has 0 saturated carbocycles. The zero-order valence-electron chi connectivity index (χ0n) is 68.1. The van der Waals surface area contributed by atoms with Gasteiger partial charge in [0.15, 0.2) is 81.4 Å². The van der Waals surface area contributed by atoms with Gasteiger partial charge in [-0.15, -0.1) is 0 Å². The Morgan fingerprint density at radius 3 is 0.631 bits per heavy atom. The quantitative estimate of drug-likeness (QED) is 0.0421. The molecule has 0 amide bonds. The first kappa shape index (κ1) is 83.6. The second-order valence-corrected chi connectivity index (χ2v) is 26.5. The number of para-hydroxylation sites is 1. The Labute approximate surface area is 702 Å². The average Bonchev–Trinajstić information content (AvgIpc) is 0.804. The Kier molecular flexibility index (Phi) is 26.8. The lowest BCUT2D eigenvalue weighted by Gasteiger charge is -2.11. The lowest BCUT2D eigenvalue weighted by atomic mass is 10.1. The first-order valence-electron chi connectivity index (χ1n) is 37.6. The lowest BCUT2D eigenvalue weighted by Crippen LogP contribution is -2.00. The molecule has 0 bridgehead atoms. The van der Waals surface area contributed by atoms with Crippen LogP contribution in [0.3, 0.4) is 0 Å². The minimum Gasteiger partial charge on any atom is -0.508 e. The fourth-order valence-corrected chi connectivity index (χ4v) is 12.2. The van der Waals surface area contributed by atoms with Gasteiger partial charge in [0.2, 0.25) is 0 Å². The van der Waals surface area contributed by atoms with Crippen molar-refractivity contribution in [2.75, 3.05) is 71.1 Å². The van der Waals surface area contributed by atoms with Crippen LogP contribution < -0.4 is 47.4 Å². The maximum absolute atomic E-state index is 10.6. The summed E-state index contributed by atoms with van der Waals surface area (Å²) in [7, 11) is 16.0. The van der Waals surface area contributed by atoms with Gasteiger partial charge >= 0.3 is 0 Å². The van der Waals surface area contributed by atoms with Gasteiger partial charge in [0.05, 0.1) is 93.4 Å². The van der Waals surface area contributed by atoms with Crippen molar-refractivity contribution >= 4 is 0 Å². The van der Waals surface area contributed by atoms with Crippen LogP contribution in [0.25, 0.3) is 137 Å². The Morgan fingerprint density at radius 1 is 0.189 bits per heavy atom. The van der Waals surface area contributed by atoms with Gasteiger partial charge in [0, 0.05) is 56.6 Å². The maximum Gasteiger partial charge on any atom is 0.168 e. The van der Waals surface area contributed by atoms with Crippen LogP contribution in [0.5, 0.6) is 86.2 Å². The molecule has 5 N–H and O–H groups in total. The molecule has 0 atom stereocenters. The van der Waals surface area contributed by atoms with Gasteiger partial charge in [-0.05, 0) is 255 Å². The van der Waals surface area contributed by atoms with E-state index >= 15 is 0 Å². The molecular weight excluding hydrogens is 1550 g/mol. The predicted molar refractivity (Wildman–Crippen MR) is 463 cm³/mol. The third-order valence-corrected chi connectivity index (χ3v) is 18.8. The maximum atomic E-state index is 10.6. The summed E-state index contributed by atoms with van der Waals surface area (Å²) in [6.45, 7) is 1.92. The number of hydrogen-bond donors (Lipinski definition) is 5. The monoisotopic (exact) mass is 1630 g/mol. The molecule has 0 radical (unpaired) electrons. The standard InChI is InChI=1S/2C24H21N3O4.C24H21N3O3.C23H19N3O4/c1-29-17-8-4-15(5-9-17)22-25-23(16-6-10-18(30-2)11-7-16)27-24(26-22)20-13-12-19(31-3)14-21(20)28;1-29-17-11-7-15(8-12-17)22-25-23(16-9-13-18(30-2)14-10-16)27-24(26-22)19-5-4-6-20(31-3)21(19)28;1-15-4-13-20(21(28)14-15)24-26-22(16-5-9-18(29-2)10-6-16)25-23(27-24)17-7-11-19(30-3)12-8-17;1-29-17-8-3-14(4-9-17)21-24-22(15-5-10-18(30-2)11-6-15)26-23(25-21)19-12-7-16(27)13-20(19)28/h2*4-14,28H,1-3H3;4-14,28H,1-3H3;3-13,27-28H,1-2H3. The summed E-state index contributed by atoms with van der Waals surface area (Å²) in [5.41, 5.74) is 9.19. The van der Waals surface area contributed by atoms with Crippen molar-refractivity contribution in [3.8, 4) is 223 Å². The molecule has 4 heterocycles. The van der Waals surface area contributed by atoms with Crippen LogP contribution in [0.2, 0.25) is 0 Å². The second kappa shape index (κ2) is 39.1. The molecular formula is C95H82N12O15. The molecule has 0 aliphatic carbocycles. The van der Waals surface area contributed by atoms with Crippen molar-refractivity contribution in [1.29, 1.82) is 0 Å². The van der Waals surface area contributed by atoms with E-state index in [0.29, 0.717) is 104 Å². The normalized spacial score (nSPS) is 10.6. The predicted octanol–water partition coefficient (Wildman–Crippen LogP) is 18.4. The summed E-state index contributed by atoms with van der Waals surface area (Å²) in [6.07, 6.45) is 0. The van der Waals surface area contributed by atoms with E-state index in [9.17, 15) is 25.5 Å². The molecule has 16 aromatic rings. The number of phenols is 5. The number of nitrogens with zero attached hydrogens (tertiary/aromatic N) is 12. The van der Waals surface area contributed by atoms with Crippen LogP contribution >= 0.6 is 0 Å². The summed E-state index contributed by atoms with van der Waals surface area (Å²) in [6, 6.07) is 79.4. The third-order valence-electron chi connectivity index (χ3n) is 18.8. The van der Waals surface area contributed by atoms with Crippen molar-refractivity contribution < 1.29 is 72.9 Å². The molecule has 27 heteroatoms. The van der Waals surface area contributed by atoms with Gasteiger partial charge in [-0.25, -0.2) is 59.8 Å². The summed E-state index contributed by atoms with van der Waals surface area (Å²) < 4.78 is 52.3. The first-order chi connectivity index (χ1) is 59.4. The van der Waals surface area contributed by atoms with Crippen LogP contribution in [-0.4, -0.2) is 156 Å². The first-order valence-corrected chi connectivity index (χ1v) is 37.6. The summed E-state index contributed by atoms with van der Waals surface area (Å²) in [5, 5.41) is 51.6. The Bertz CT molecular complexity index is 5810. The number of aromatic nitrogens is 12. The van der Waals surface area contributed by atoms with Gasteiger partial charge in [0.1, 0.15) is 74.7 Å². The zero-order chi connectivity index (χ0) is 85.8. The molecule has 0 unspecified atom stereocenters. The average molecular weight is 1630 g/mol. The number of methoxy groups -OCH3 is 10. The van der Waals surface area contributed by atoms with Gasteiger partial charge in [-0.2, -0.15) is 0 Å². The van der Waals surface area contributed by atoms with Crippen LogP contribution in [-0.2, 0) is 0 Å². The van der Waals surface area contributed by atoms with Crippen LogP contribution in [0, 0.1) is 6.92 Å². The zero-order valence-corrected chi connectivity index (χ0v) is 68.1. The highest BCUT2D eigenvalue weighted by Crippen LogP contribution is 2.40. The number of aromatic hydroxyl groups is 5. The largest absolute Gasteiger partial charge is 0.508 e. The van der Waals surface area contributed by atoms with Crippen LogP contribution in [0.1, 0.15) is 5.56 Å². The van der Waals surface area contributed by atoms with Crippen molar-refractivity contribution in [2.24, 2.45) is 0 Å². The van der Waals surface area contributed by atoms with Crippen LogP contribution in [0.4, 0.5) is 0 Å². The van der Waals surface area contributed by atoms with Crippen molar-refractivity contribution in [1.82, 2.24) is 59.8 Å². The van der Waals surface area contributed by atoms with Crippen molar-refractivity contribution in [2.45, 2.75) is 6.92 Å². The van der Waals surface area contributed by atoms with Crippen LogP contribution in [0.15, 0.2) is 267 Å². The molecule has 16 rings (SSSR count). The van der Waals surface area contributed by atoms with Gasteiger partial charge in [0.25, 0.3) is 0 Å². The molecule has 0 aliphatic heterocycles. The summed E-state index contributed by atoms with van der Waals surface area (Å²) >= 11 is 0. The third kappa shape index (κ3) is 20.2. The Morgan fingerprint density at radius 2 is 0.402 bits per heavy atom. The summed E-state index contributed by atoms with van der Waals surface area (Å²) in [5.74, 6) is 11.9. The van der Waals surface area contributed by atoms with Gasteiger partial charge < -0.3 is 72.9 Å². The SMILES string of the molecule is COc1ccc(-c2nc(-c3ccc(OC)cc3)nc(-c3ccc(C)cc3O)n2)cc1.COc1ccc(-c2nc(-c3ccc(OC)cc3)nc(-c3ccc(O)cc3O)n2)cc1.COc1ccc(-c2nc(-c3ccc(OC)cc3)nc(-c3ccc(OC)cc3O)n2)cc1.COc1ccc(-c2nc(-c3ccc(OC)cc3)nc(-c3cccc(OC)c3O)n2)cc1. The fourth-order valence-electron chi connectivity index (χ4n) is 12.2. The summed E-state index contributed by atoms with van der Waals surface area (Å²) in [4.78, 5) is 55.5. The molecule has 12 aromatic carbocycles. The minimum absolute atomic E-state index is 0.0203. The van der Waals surface area contributed by atoms with E-state index < -0.39 is 0 Å². The molecule has 0 aliphatic rings. The van der Waals surface area contributed by atoms with E-state index in [4.69, 9.17) is 47.4 Å². The smallest absolute Gasteiger partial charge is 0.168 e. The van der Waals surface area contributed by atoms with Gasteiger partial charge in [-0.3, -0.25) is 0 Å². The second-order valence-electron chi connectivity index (χ2n) is 26.5. The topological polar surface area (TPSA) is 348 Å². The lowest BCUT2D eigenvalue weighted by molar-refractivity contribution is 0.374. The van der Waals surface area contributed by atoms with Crippen molar-refractivity contribution in [3.63, 3.8) is 0 Å². The molecule has 0 fully saturated rings. The molecule has 122 heavy (non-hydrogen) atoms. The Balaban J connectivity index is 0.000000140. The number of hydrogen-bond acceptors (Lipinski definition) is 27. The number of ether oxygens (including phenoxy) is 10. The fraction of sp³-hybridized carbons (Fsp3) is 0.116. The highest BCUT2D eigenvalue weighted by atomic mass is 16.5. The van der Waals surface area contributed by atoms with Gasteiger partial charge in [-0.1, -0.05) is 12.1 Å².